The molecule has 0 radical (unpaired) electrons. The highest BCUT2D eigenvalue weighted by atomic mass is 19.1. The summed E-state index contributed by atoms with van der Waals surface area (Å²) in [5.74, 6) is -1.07. The van der Waals surface area contributed by atoms with Crippen LogP contribution in [-0.4, -0.2) is 23.0 Å². The maximum atomic E-state index is 13.3. The SMILES string of the molecule is CC(C)(CCN)NC(=O)c1ccncc1F. The van der Waals surface area contributed by atoms with Crippen LogP contribution < -0.4 is 11.1 Å². The van der Waals surface area contributed by atoms with Crippen LogP contribution in [0.5, 0.6) is 0 Å². The molecule has 0 atom stereocenters. The van der Waals surface area contributed by atoms with Crippen molar-refractivity contribution in [2.75, 3.05) is 6.54 Å². The third-order valence-corrected chi connectivity index (χ3v) is 2.24. The fourth-order valence-electron chi connectivity index (χ4n) is 1.36. The van der Waals surface area contributed by atoms with Gasteiger partial charge in [-0.05, 0) is 32.9 Å². The third-order valence-electron chi connectivity index (χ3n) is 2.24. The summed E-state index contributed by atoms with van der Waals surface area (Å²) in [6.07, 6.45) is 3.03. The molecular weight excluding hydrogens is 209 g/mol. The summed E-state index contributed by atoms with van der Waals surface area (Å²) < 4.78 is 13.3. The van der Waals surface area contributed by atoms with Gasteiger partial charge in [0.1, 0.15) is 0 Å². The van der Waals surface area contributed by atoms with Gasteiger partial charge < -0.3 is 11.1 Å². The molecule has 1 heterocycles. The molecule has 3 N–H and O–H groups in total. The van der Waals surface area contributed by atoms with E-state index in [1.54, 1.807) is 0 Å². The first kappa shape index (κ1) is 12.6. The lowest BCUT2D eigenvalue weighted by molar-refractivity contribution is 0.0906. The van der Waals surface area contributed by atoms with E-state index in [0.29, 0.717) is 13.0 Å². The van der Waals surface area contributed by atoms with E-state index >= 15 is 0 Å². The van der Waals surface area contributed by atoms with Crippen molar-refractivity contribution in [2.24, 2.45) is 5.73 Å². The van der Waals surface area contributed by atoms with E-state index in [1.165, 1.54) is 12.3 Å². The summed E-state index contributed by atoms with van der Waals surface area (Å²) in [4.78, 5) is 15.3. The Hall–Kier alpha value is -1.49. The Labute approximate surface area is 94.1 Å². The molecule has 1 aromatic heterocycles. The van der Waals surface area contributed by atoms with Gasteiger partial charge in [-0.1, -0.05) is 0 Å². The Bertz CT molecular complexity index is 379. The Morgan fingerprint density at radius 2 is 2.31 bits per heavy atom. The van der Waals surface area contributed by atoms with E-state index in [1.807, 2.05) is 13.8 Å². The van der Waals surface area contributed by atoms with Crippen LogP contribution in [0, 0.1) is 5.82 Å². The molecule has 1 amide bonds. The first-order chi connectivity index (χ1) is 7.46. The van der Waals surface area contributed by atoms with Gasteiger partial charge in [0.05, 0.1) is 11.8 Å². The zero-order valence-corrected chi connectivity index (χ0v) is 9.46. The normalized spacial score (nSPS) is 11.2. The van der Waals surface area contributed by atoms with Gasteiger partial charge in [0.2, 0.25) is 0 Å². The average Bonchev–Trinajstić information content (AvgIpc) is 2.17. The number of hydrogen-bond acceptors (Lipinski definition) is 3. The van der Waals surface area contributed by atoms with Gasteiger partial charge in [-0.2, -0.15) is 0 Å². The number of amides is 1. The van der Waals surface area contributed by atoms with Crippen LogP contribution in [0.4, 0.5) is 4.39 Å². The Balaban J connectivity index is 2.77. The van der Waals surface area contributed by atoms with Crippen molar-refractivity contribution in [3.8, 4) is 0 Å². The highest BCUT2D eigenvalue weighted by Crippen LogP contribution is 2.10. The quantitative estimate of drug-likeness (QED) is 0.805. The van der Waals surface area contributed by atoms with Gasteiger partial charge >= 0.3 is 0 Å². The second kappa shape index (κ2) is 5.03. The molecule has 1 aromatic rings. The van der Waals surface area contributed by atoms with E-state index in [2.05, 4.69) is 10.3 Å². The number of rotatable bonds is 4. The van der Waals surface area contributed by atoms with Crippen LogP contribution in [0.2, 0.25) is 0 Å². The smallest absolute Gasteiger partial charge is 0.254 e. The molecule has 16 heavy (non-hydrogen) atoms. The molecule has 0 fully saturated rings. The zero-order valence-electron chi connectivity index (χ0n) is 9.46. The highest BCUT2D eigenvalue weighted by Gasteiger charge is 2.21. The van der Waals surface area contributed by atoms with Crippen molar-refractivity contribution >= 4 is 5.91 Å². The Morgan fingerprint density at radius 3 is 2.88 bits per heavy atom. The minimum Gasteiger partial charge on any atom is -0.347 e. The molecule has 0 aliphatic heterocycles. The van der Waals surface area contributed by atoms with Crippen LogP contribution in [0.25, 0.3) is 0 Å². The fraction of sp³-hybridized carbons (Fsp3) is 0.455. The van der Waals surface area contributed by atoms with Crippen molar-refractivity contribution in [1.29, 1.82) is 0 Å². The molecule has 0 bridgehead atoms. The second-order valence-corrected chi connectivity index (χ2v) is 4.23. The number of hydrogen-bond donors (Lipinski definition) is 2. The molecule has 5 heteroatoms. The van der Waals surface area contributed by atoms with Crippen molar-refractivity contribution in [3.63, 3.8) is 0 Å². The molecular formula is C11H16FN3O. The molecule has 88 valence electrons. The van der Waals surface area contributed by atoms with E-state index in [-0.39, 0.29) is 5.56 Å². The summed E-state index contributed by atoms with van der Waals surface area (Å²) >= 11 is 0. The van der Waals surface area contributed by atoms with Crippen molar-refractivity contribution in [3.05, 3.63) is 29.8 Å². The van der Waals surface area contributed by atoms with Crippen LogP contribution in [0.3, 0.4) is 0 Å². The Morgan fingerprint density at radius 1 is 1.62 bits per heavy atom. The molecule has 1 rings (SSSR count). The van der Waals surface area contributed by atoms with Crippen LogP contribution >= 0.6 is 0 Å². The van der Waals surface area contributed by atoms with Gasteiger partial charge in [0.25, 0.3) is 5.91 Å². The van der Waals surface area contributed by atoms with Crippen molar-refractivity contribution in [2.45, 2.75) is 25.8 Å². The van der Waals surface area contributed by atoms with Crippen molar-refractivity contribution in [1.82, 2.24) is 10.3 Å². The maximum absolute atomic E-state index is 13.3. The van der Waals surface area contributed by atoms with Gasteiger partial charge in [-0.15, -0.1) is 0 Å². The minimum atomic E-state index is -0.622. The number of nitrogens with zero attached hydrogens (tertiary/aromatic N) is 1. The Kier molecular flexibility index (Phi) is 3.95. The number of nitrogens with one attached hydrogen (secondary N) is 1. The second-order valence-electron chi connectivity index (χ2n) is 4.23. The van der Waals surface area contributed by atoms with Gasteiger partial charge in [-0.25, -0.2) is 4.39 Å². The first-order valence-corrected chi connectivity index (χ1v) is 5.08. The number of halogens is 1. The van der Waals surface area contributed by atoms with Crippen LogP contribution in [-0.2, 0) is 0 Å². The van der Waals surface area contributed by atoms with Gasteiger partial charge in [0, 0.05) is 11.7 Å². The monoisotopic (exact) mass is 225 g/mol. The molecule has 4 nitrogen and oxygen atoms in total. The highest BCUT2D eigenvalue weighted by molar-refractivity contribution is 5.94. The molecule has 0 aromatic carbocycles. The van der Waals surface area contributed by atoms with E-state index in [0.717, 1.165) is 6.20 Å². The lowest BCUT2D eigenvalue weighted by Gasteiger charge is -2.25. The summed E-state index contributed by atoms with van der Waals surface area (Å²) in [6, 6.07) is 1.35. The molecule has 0 saturated heterocycles. The predicted molar refractivity (Wildman–Crippen MR) is 59.4 cm³/mol. The number of aromatic nitrogens is 1. The lowest BCUT2D eigenvalue weighted by Crippen LogP contribution is -2.45. The summed E-state index contributed by atoms with van der Waals surface area (Å²) in [7, 11) is 0. The van der Waals surface area contributed by atoms with Crippen LogP contribution in [0.1, 0.15) is 30.6 Å². The maximum Gasteiger partial charge on any atom is 0.254 e. The third kappa shape index (κ3) is 3.27. The average molecular weight is 225 g/mol. The summed E-state index contributed by atoms with van der Waals surface area (Å²) in [5.41, 5.74) is 4.98. The van der Waals surface area contributed by atoms with Crippen molar-refractivity contribution < 1.29 is 9.18 Å². The first-order valence-electron chi connectivity index (χ1n) is 5.08. The van der Waals surface area contributed by atoms with Gasteiger partial charge in [0.15, 0.2) is 5.82 Å². The fourth-order valence-corrected chi connectivity index (χ4v) is 1.36. The minimum absolute atomic E-state index is 0.0000893. The van der Waals surface area contributed by atoms with E-state index in [9.17, 15) is 9.18 Å². The summed E-state index contributed by atoms with van der Waals surface area (Å²) in [6.45, 7) is 4.15. The number of pyridine rings is 1. The molecule has 0 unspecified atom stereocenters. The topological polar surface area (TPSA) is 68.0 Å². The van der Waals surface area contributed by atoms with E-state index < -0.39 is 17.3 Å². The molecule has 0 aliphatic rings. The number of carbonyl (C=O) groups excluding carboxylic acids is 1. The van der Waals surface area contributed by atoms with Gasteiger partial charge in [-0.3, -0.25) is 9.78 Å². The molecule has 0 saturated carbocycles. The standard InChI is InChI=1S/C11H16FN3O/c1-11(2,4-5-13)15-10(16)8-3-6-14-7-9(8)12/h3,6-7H,4-5,13H2,1-2H3,(H,15,16). The zero-order chi connectivity index (χ0) is 12.2. The molecule has 0 aliphatic carbocycles. The predicted octanol–water partition coefficient (Wildman–Crippen LogP) is 1.08. The van der Waals surface area contributed by atoms with Crippen LogP contribution in [0.15, 0.2) is 18.5 Å². The largest absolute Gasteiger partial charge is 0.347 e. The number of carbonyl (C=O) groups is 1. The molecule has 0 spiro atoms. The summed E-state index contributed by atoms with van der Waals surface area (Å²) in [5, 5.41) is 2.73. The lowest BCUT2D eigenvalue weighted by atomic mass is 10.0. The van der Waals surface area contributed by atoms with E-state index in [4.69, 9.17) is 5.73 Å². The number of nitrogens with two attached hydrogens (primary N) is 1.